The van der Waals surface area contributed by atoms with Crippen molar-refractivity contribution in [2.24, 2.45) is 0 Å². The molecule has 0 radical (unpaired) electrons. The summed E-state index contributed by atoms with van der Waals surface area (Å²) in [6.45, 7) is 6.91. The minimum atomic E-state index is 0.152. The third-order valence-electron chi connectivity index (χ3n) is 4.32. The Morgan fingerprint density at radius 2 is 1.91 bits per heavy atom. The smallest absolute Gasteiger partial charge is 0.219 e. The molecule has 0 atom stereocenters. The molecule has 1 aliphatic rings. The molecule has 1 aromatic carbocycles. The number of carbonyl (C=O) groups excluding carboxylic acids is 1. The monoisotopic (exact) mass is 298 g/mol. The third kappa shape index (κ3) is 2.58. The molecule has 116 valence electrons. The Kier molecular flexibility index (Phi) is 3.88. The van der Waals surface area contributed by atoms with Gasteiger partial charge in [-0.3, -0.25) is 4.79 Å². The topological polar surface area (TPSA) is 48.5 Å². The van der Waals surface area contributed by atoms with Crippen molar-refractivity contribution in [3.05, 3.63) is 30.0 Å². The van der Waals surface area contributed by atoms with Crippen LogP contribution in [0.4, 0.5) is 11.5 Å². The molecule has 0 bridgehead atoms. The van der Waals surface area contributed by atoms with Gasteiger partial charge in [0.05, 0.1) is 11.9 Å². The lowest BCUT2D eigenvalue weighted by Crippen LogP contribution is -2.48. The molecule has 1 aromatic heterocycles. The van der Waals surface area contributed by atoms with Crippen LogP contribution in [0.2, 0.25) is 0 Å². The Bertz CT molecular complexity index is 705. The summed E-state index contributed by atoms with van der Waals surface area (Å²) in [5.74, 6) is 1.16. The predicted octanol–water partition coefficient (Wildman–Crippen LogP) is 2.25. The number of anilines is 2. The number of aromatic nitrogens is 1. The first-order valence-corrected chi connectivity index (χ1v) is 7.67. The first kappa shape index (κ1) is 14.6. The molecule has 1 amide bonds. The molecule has 0 spiro atoms. The number of nitrogens with one attached hydrogen (secondary N) is 1. The van der Waals surface area contributed by atoms with E-state index in [1.165, 1.54) is 10.9 Å². The number of rotatable bonds is 2. The maximum absolute atomic E-state index is 11.5. The minimum Gasteiger partial charge on any atom is -0.386 e. The molecule has 1 N–H and O–H groups in total. The van der Waals surface area contributed by atoms with E-state index < -0.39 is 0 Å². The van der Waals surface area contributed by atoms with E-state index >= 15 is 0 Å². The van der Waals surface area contributed by atoms with Gasteiger partial charge in [-0.15, -0.1) is 0 Å². The number of piperazine rings is 1. The zero-order valence-electron chi connectivity index (χ0n) is 13.4. The second kappa shape index (κ2) is 5.83. The lowest BCUT2D eigenvalue weighted by Gasteiger charge is -2.35. The van der Waals surface area contributed by atoms with Gasteiger partial charge in [0, 0.05) is 50.9 Å². The standard InChI is InChI=1S/C17H22N4O/c1-12-4-5-14-15(10-12)16(18-3)11-19-17(14)21-8-6-20(7-9-21)13(2)22/h4-5,10-11,18H,6-9H2,1-3H3. The highest BCUT2D eigenvalue weighted by Gasteiger charge is 2.21. The average molecular weight is 298 g/mol. The van der Waals surface area contributed by atoms with Crippen LogP contribution in [0, 0.1) is 6.92 Å². The van der Waals surface area contributed by atoms with Crippen molar-refractivity contribution in [2.75, 3.05) is 43.4 Å². The molecule has 0 aliphatic carbocycles. The Morgan fingerprint density at radius 1 is 1.18 bits per heavy atom. The van der Waals surface area contributed by atoms with Gasteiger partial charge in [-0.1, -0.05) is 17.7 Å². The highest BCUT2D eigenvalue weighted by Crippen LogP contribution is 2.31. The van der Waals surface area contributed by atoms with Crippen molar-refractivity contribution in [3.63, 3.8) is 0 Å². The number of carbonyl (C=O) groups is 1. The quantitative estimate of drug-likeness (QED) is 0.924. The van der Waals surface area contributed by atoms with Gasteiger partial charge in [0.15, 0.2) is 0 Å². The van der Waals surface area contributed by atoms with Crippen LogP contribution in [-0.4, -0.2) is 49.0 Å². The zero-order valence-corrected chi connectivity index (χ0v) is 13.4. The van der Waals surface area contributed by atoms with Crippen molar-refractivity contribution in [2.45, 2.75) is 13.8 Å². The maximum Gasteiger partial charge on any atom is 0.219 e. The fourth-order valence-electron chi connectivity index (χ4n) is 3.03. The van der Waals surface area contributed by atoms with Gasteiger partial charge >= 0.3 is 0 Å². The van der Waals surface area contributed by atoms with E-state index in [0.717, 1.165) is 43.1 Å². The number of fused-ring (bicyclic) bond motifs is 1. The Labute approximate surface area is 130 Å². The van der Waals surface area contributed by atoms with Crippen molar-refractivity contribution < 1.29 is 4.79 Å². The van der Waals surface area contributed by atoms with E-state index in [4.69, 9.17) is 0 Å². The first-order chi connectivity index (χ1) is 10.6. The summed E-state index contributed by atoms with van der Waals surface area (Å²) in [6, 6.07) is 6.46. The summed E-state index contributed by atoms with van der Waals surface area (Å²) in [5, 5.41) is 5.57. The number of pyridine rings is 1. The first-order valence-electron chi connectivity index (χ1n) is 7.67. The van der Waals surface area contributed by atoms with Crippen LogP contribution in [0.25, 0.3) is 10.8 Å². The third-order valence-corrected chi connectivity index (χ3v) is 4.32. The summed E-state index contributed by atoms with van der Waals surface area (Å²) < 4.78 is 0. The molecule has 2 heterocycles. The fourth-order valence-corrected chi connectivity index (χ4v) is 3.03. The van der Waals surface area contributed by atoms with Gasteiger partial charge in [-0.2, -0.15) is 0 Å². The predicted molar refractivity (Wildman–Crippen MR) is 90.5 cm³/mol. The molecule has 22 heavy (non-hydrogen) atoms. The molecule has 5 nitrogen and oxygen atoms in total. The average Bonchev–Trinajstić information content (AvgIpc) is 2.53. The largest absolute Gasteiger partial charge is 0.386 e. The summed E-state index contributed by atoms with van der Waals surface area (Å²) in [7, 11) is 1.92. The van der Waals surface area contributed by atoms with E-state index in [1.54, 1.807) is 6.92 Å². The van der Waals surface area contributed by atoms with Gasteiger partial charge in [0.2, 0.25) is 5.91 Å². The number of aryl methyl sites for hydroxylation is 1. The summed E-state index contributed by atoms with van der Waals surface area (Å²) >= 11 is 0. The zero-order chi connectivity index (χ0) is 15.7. The molecule has 2 aromatic rings. The van der Waals surface area contributed by atoms with E-state index in [9.17, 15) is 4.79 Å². The van der Waals surface area contributed by atoms with Crippen molar-refractivity contribution in [1.29, 1.82) is 0 Å². The molecular weight excluding hydrogens is 276 g/mol. The van der Waals surface area contributed by atoms with Crippen LogP contribution < -0.4 is 10.2 Å². The van der Waals surface area contributed by atoms with Crippen LogP contribution in [0.15, 0.2) is 24.4 Å². The van der Waals surface area contributed by atoms with Crippen LogP contribution in [0.5, 0.6) is 0 Å². The van der Waals surface area contributed by atoms with Gasteiger partial charge in [-0.25, -0.2) is 4.98 Å². The highest BCUT2D eigenvalue weighted by molar-refractivity contribution is 6.00. The minimum absolute atomic E-state index is 0.152. The van der Waals surface area contributed by atoms with Crippen LogP contribution in [0.1, 0.15) is 12.5 Å². The number of amides is 1. The van der Waals surface area contributed by atoms with Crippen molar-refractivity contribution in [1.82, 2.24) is 9.88 Å². The lowest BCUT2D eigenvalue weighted by molar-refractivity contribution is -0.129. The van der Waals surface area contributed by atoms with Gasteiger partial charge in [-0.05, 0) is 13.0 Å². The maximum atomic E-state index is 11.5. The molecular formula is C17H22N4O. The van der Waals surface area contributed by atoms with Gasteiger partial charge in [0.25, 0.3) is 0 Å². The normalized spacial score (nSPS) is 15.2. The van der Waals surface area contributed by atoms with Gasteiger partial charge in [0.1, 0.15) is 5.82 Å². The molecule has 1 fully saturated rings. The molecule has 1 saturated heterocycles. The van der Waals surface area contributed by atoms with Crippen LogP contribution >= 0.6 is 0 Å². The lowest BCUT2D eigenvalue weighted by atomic mass is 10.1. The van der Waals surface area contributed by atoms with E-state index in [-0.39, 0.29) is 5.91 Å². The molecule has 1 aliphatic heterocycles. The Balaban J connectivity index is 1.97. The van der Waals surface area contributed by atoms with E-state index in [0.29, 0.717) is 0 Å². The summed E-state index contributed by atoms with van der Waals surface area (Å²) in [6.07, 6.45) is 1.90. The number of benzene rings is 1. The molecule has 0 unspecified atom stereocenters. The number of hydrogen-bond donors (Lipinski definition) is 1. The molecule has 3 rings (SSSR count). The van der Waals surface area contributed by atoms with E-state index in [1.807, 2.05) is 18.1 Å². The SMILES string of the molecule is CNc1cnc(N2CCN(C(C)=O)CC2)c2ccc(C)cc12. The van der Waals surface area contributed by atoms with E-state index in [2.05, 4.69) is 40.3 Å². The number of nitrogens with zero attached hydrogens (tertiary/aromatic N) is 3. The van der Waals surface area contributed by atoms with Crippen molar-refractivity contribution in [3.8, 4) is 0 Å². The second-order valence-electron chi connectivity index (χ2n) is 5.79. The summed E-state index contributed by atoms with van der Waals surface area (Å²) in [5.41, 5.74) is 2.28. The molecule has 0 saturated carbocycles. The van der Waals surface area contributed by atoms with Crippen LogP contribution in [0.3, 0.4) is 0 Å². The molecule has 5 heteroatoms. The number of hydrogen-bond acceptors (Lipinski definition) is 4. The summed E-state index contributed by atoms with van der Waals surface area (Å²) in [4.78, 5) is 20.3. The van der Waals surface area contributed by atoms with Crippen LogP contribution in [-0.2, 0) is 4.79 Å². The van der Waals surface area contributed by atoms with Gasteiger partial charge < -0.3 is 15.1 Å². The fraction of sp³-hybridized carbons (Fsp3) is 0.412. The second-order valence-corrected chi connectivity index (χ2v) is 5.79. The van der Waals surface area contributed by atoms with Crippen molar-refractivity contribution >= 4 is 28.2 Å². The Morgan fingerprint density at radius 3 is 2.55 bits per heavy atom. The Hall–Kier alpha value is -2.30. The highest BCUT2D eigenvalue weighted by atomic mass is 16.2.